The molecular formula is C30H33N5O3S. The fourth-order valence-electron chi connectivity index (χ4n) is 5.21. The molecule has 9 heteroatoms. The van der Waals surface area contributed by atoms with E-state index in [4.69, 9.17) is 4.74 Å². The molecule has 2 aromatic heterocycles. The van der Waals surface area contributed by atoms with Crippen LogP contribution in [-0.4, -0.2) is 75.1 Å². The molecule has 4 heterocycles. The van der Waals surface area contributed by atoms with E-state index in [0.29, 0.717) is 30.6 Å². The van der Waals surface area contributed by atoms with E-state index >= 15 is 0 Å². The molecule has 0 saturated carbocycles. The van der Waals surface area contributed by atoms with Crippen LogP contribution in [0.15, 0.2) is 72.2 Å². The maximum Gasteiger partial charge on any atom is 0.246 e. The molecule has 0 atom stereocenters. The third kappa shape index (κ3) is 6.65. The van der Waals surface area contributed by atoms with E-state index in [1.165, 1.54) is 11.8 Å². The van der Waals surface area contributed by atoms with Gasteiger partial charge in [-0.05, 0) is 61.9 Å². The molecule has 2 saturated heterocycles. The summed E-state index contributed by atoms with van der Waals surface area (Å²) < 4.78 is 5.65. The number of ether oxygens (including phenoxy) is 1. The fraction of sp³-hybridized carbons (Fsp3) is 0.367. The Morgan fingerprint density at radius 2 is 1.72 bits per heavy atom. The highest BCUT2D eigenvalue weighted by atomic mass is 32.2. The Balaban J connectivity index is 1.10. The first kappa shape index (κ1) is 26.9. The van der Waals surface area contributed by atoms with Gasteiger partial charge in [0.2, 0.25) is 11.8 Å². The Labute approximate surface area is 233 Å². The average Bonchev–Trinajstić information content (AvgIpc) is 3.40. The van der Waals surface area contributed by atoms with Crippen LogP contribution in [0, 0.1) is 5.41 Å². The highest BCUT2D eigenvalue weighted by Crippen LogP contribution is 2.40. The first-order chi connectivity index (χ1) is 19.0. The molecule has 2 aliphatic heterocycles. The van der Waals surface area contributed by atoms with Gasteiger partial charge in [0, 0.05) is 50.2 Å². The number of carbonyl (C=O) groups is 2. The Kier molecular flexibility index (Phi) is 8.56. The van der Waals surface area contributed by atoms with Gasteiger partial charge in [-0.15, -0.1) is 0 Å². The summed E-state index contributed by atoms with van der Waals surface area (Å²) in [6.45, 7) is 5.46. The molecule has 1 spiro atoms. The molecule has 8 nitrogen and oxygen atoms in total. The van der Waals surface area contributed by atoms with Gasteiger partial charge in [0.05, 0.1) is 23.7 Å². The predicted octanol–water partition coefficient (Wildman–Crippen LogP) is 4.58. The first-order valence-corrected chi connectivity index (χ1v) is 14.4. The Hall–Kier alpha value is -3.72. The van der Waals surface area contributed by atoms with Gasteiger partial charge in [-0.2, -0.15) is 0 Å². The van der Waals surface area contributed by atoms with Crippen LogP contribution in [0.3, 0.4) is 0 Å². The van der Waals surface area contributed by atoms with E-state index in [9.17, 15) is 9.59 Å². The Morgan fingerprint density at radius 1 is 0.949 bits per heavy atom. The monoisotopic (exact) mass is 543 g/mol. The molecule has 0 bridgehead atoms. The number of piperidine rings is 1. The van der Waals surface area contributed by atoms with E-state index in [-0.39, 0.29) is 17.2 Å². The number of pyridine rings is 1. The topological polar surface area (TPSA) is 88.5 Å². The zero-order chi connectivity index (χ0) is 27.1. The van der Waals surface area contributed by atoms with Crippen molar-refractivity contribution < 1.29 is 14.3 Å². The van der Waals surface area contributed by atoms with Crippen molar-refractivity contribution in [3.8, 4) is 17.1 Å². The van der Waals surface area contributed by atoms with Crippen molar-refractivity contribution in [3.05, 3.63) is 72.6 Å². The van der Waals surface area contributed by atoms with Gasteiger partial charge < -0.3 is 14.5 Å². The second kappa shape index (κ2) is 12.4. The van der Waals surface area contributed by atoms with Gasteiger partial charge in [-0.25, -0.2) is 9.97 Å². The molecular weight excluding hydrogens is 510 g/mol. The van der Waals surface area contributed by atoms with Gasteiger partial charge >= 0.3 is 0 Å². The number of amides is 2. The van der Waals surface area contributed by atoms with Gasteiger partial charge in [0.1, 0.15) is 5.75 Å². The normalized spacial score (nSPS) is 16.6. The maximum absolute atomic E-state index is 13.0. The van der Waals surface area contributed by atoms with Gasteiger partial charge in [0.25, 0.3) is 0 Å². The minimum absolute atomic E-state index is 0.0198. The molecule has 0 aliphatic carbocycles. The number of para-hydroxylation sites is 1. The van der Waals surface area contributed by atoms with Gasteiger partial charge in [-0.3, -0.25) is 14.6 Å². The van der Waals surface area contributed by atoms with Crippen molar-refractivity contribution in [2.75, 3.05) is 38.5 Å². The molecule has 3 aromatic rings. The van der Waals surface area contributed by atoms with E-state index in [1.807, 2.05) is 71.3 Å². The number of hydrogen-bond acceptors (Lipinski definition) is 7. The molecule has 1 aromatic carbocycles. The molecule has 2 amide bonds. The van der Waals surface area contributed by atoms with Crippen molar-refractivity contribution >= 4 is 29.7 Å². The van der Waals surface area contributed by atoms with Crippen molar-refractivity contribution in [3.63, 3.8) is 0 Å². The van der Waals surface area contributed by atoms with E-state index in [0.717, 1.165) is 55.1 Å². The van der Waals surface area contributed by atoms with Crippen LogP contribution < -0.4 is 4.74 Å². The van der Waals surface area contributed by atoms with Crippen LogP contribution in [0.25, 0.3) is 17.5 Å². The van der Waals surface area contributed by atoms with Crippen molar-refractivity contribution in [2.24, 2.45) is 5.41 Å². The highest BCUT2D eigenvalue weighted by molar-refractivity contribution is 7.99. The lowest BCUT2D eigenvalue weighted by atomic mass is 9.78. The number of benzene rings is 1. The lowest BCUT2D eigenvalue weighted by Gasteiger charge is -2.39. The largest absolute Gasteiger partial charge is 0.493 e. The van der Waals surface area contributed by atoms with E-state index in [1.54, 1.807) is 18.5 Å². The second-order valence-electron chi connectivity index (χ2n) is 9.92. The molecule has 202 valence electrons. The number of nitrogens with zero attached hydrogens (tertiary/aromatic N) is 5. The molecule has 0 radical (unpaired) electrons. The van der Waals surface area contributed by atoms with E-state index in [2.05, 4.69) is 15.0 Å². The van der Waals surface area contributed by atoms with Crippen molar-refractivity contribution in [1.82, 2.24) is 24.8 Å². The second-order valence-corrected chi connectivity index (χ2v) is 10.9. The summed E-state index contributed by atoms with van der Waals surface area (Å²) in [5, 5.41) is 0.573. The first-order valence-electron chi connectivity index (χ1n) is 13.4. The maximum atomic E-state index is 13.0. The minimum atomic E-state index is 0.0198. The summed E-state index contributed by atoms with van der Waals surface area (Å²) in [5.74, 6) is 1.22. The number of likely N-dealkylation sites (tertiary alicyclic amines) is 2. The predicted molar refractivity (Wildman–Crippen MR) is 152 cm³/mol. The fourth-order valence-corrected chi connectivity index (χ4v) is 5.95. The van der Waals surface area contributed by atoms with Crippen LogP contribution in [0.4, 0.5) is 0 Å². The van der Waals surface area contributed by atoms with Gasteiger partial charge in [-0.1, -0.05) is 36.0 Å². The SMILES string of the molecule is CCOc1ccccc1/C=C/C(=O)N1CCC2(CC1)CCN(C(=O)CSc1nccc(-c3ccccn3)n1)C2. The van der Waals surface area contributed by atoms with E-state index < -0.39 is 0 Å². The molecule has 0 unspecified atom stereocenters. The third-order valence-corrected chi connectivity index (χ3v) is 8.28. The van der Waals surface area contributed by atoms with Crippen molar-refractivity contribution in [1.29, 1.82) is 0 Å². The average molecular weight is 544 g/mol. The smallest absolute Gasteiger partial charge is 0.246 e. The van der Waals surface area contributed by atoms with Crippen LogP contribution in [0.2, 0.25) is 0 Å². The summed E-state index contributed by atoms with van der Waals surface area (Å²) >= 11 is 1.36. The highest BCUT2D eigenvalue weighted by Gasteiger charge is 2.42. The summed E-state index contributed by atoms with van der Waals surface area (Å²) in [4.78, 5) is 43.0. The number of carbonyl (C=O) groups excluding carboxylic acids is 2. The summed E-state index contributed by atoms with van der Waals surface area (Å²) in [6.07, 6.45) is 9.72. The zero-order valence-corrected chi connectivity index (χ0v) is 23.0. The van der Waals surface area contributed by atoms with Crippen LogP contribution in [0.5, 0.6) is 5.75 Å². The Bertz CT molecular complexity index is 1320. The molecule has 5 rings (SSSR count). The summed E-state index contributed by atoms with van der Waals surface area (Å²) in [6, 6.07) is 15.2. The quantitative estimate of drug-likeness (QED) is 0.233. The number of thioether (sulfide) groups is 1. The zero-order valence-electron chi connectivity index (χ0n) is 22.2. The van der Waals surface area contributed by atoms with Crippen molar-refractivity contribution in [2.45, 2.75) is 31.3 Å². The van der Waals surface area contributed by atoms with Gasteiger partial charge in [0.15, 0.2) is 5.16 Å². The lowest BCUT2D eigenvalue weighted by molar-refractivity contribution is -0.130. The number of hydrogen-bond donors (Lipinski definition) is 0. The van der Waals surface area contributed by atoms with Crippen LogP contribution >= 0.6 is 11.8 Å². The third-order valence-electron chi connectivity index (χ3n) is 7.44. The Morgan fingerprint density at radius 3 is 2.49 bits per heavy atom. The molecule has 2 fully saturated rings. The minimum Gasteiger partial charge on any atom is -0.493 e. The molecule has 39 heavy (non-hydrogen) atoms. The summed E-state index contributed by atoms with van der Waals surface area (Å²) in [5.41, 5.74) is 2.52. The number of rotatable bonds is 8. The number of aromatic nitrogens is 3. The standard InChI is InChI=1S/C30H33N5O3S/c1-2-38-26-9-4-3-7-23(26)10-11-27(36)34-18-13-30(14-19-34)15-20-35(22-30)28(37)21-39-29-32-17-12-25(33-29)24-8-5-6-16-31-24/h3-12,16-17H,2,13-15,18-22H2,1H3/b11-10+. The summed E-state index contributed by atoms with van der Waals surface area (Å²) in [7, 11) is 0. The molecule has 2 aliphatic rings. The molecule has 0 N–H and O–H groups in total. The van der Waals surface area contributed by atoms with Crippen LogP contribution in [0.1, 0.15) is 31.7 Å². The van der Waals surface area contributed by atoms with Crippen LogP contribution in [-0.2, 0) is 9.59 Å². The lowest BCUT2D eigenvalue weighted by Crippen LogP contribution is -2.44.